The van der Waals surface area contributed by atoms with Crippen LogP contribution >= 0.6 is 0 Å². The minimum Gasteiger partial charge on any atom is -0.478 e. The van der Waals surface area contributed by atoms with Crippen LogP contribution in [0, 0.1) is 0 Å². The van der Waals surface area contributed by atoms with E-state index >= 15 is 0 Å². The molecule has 1 saturated heterocycles. The molecule has 0 spiro atoms. The standard InChI is InChI=1S/C14H12N2O4/c17-12-5-4-11(13(18)15-12)16-7-6-8-9(14(19)20)2-1-3-10(8)16/h1-3,6-7,11H,4-5H2,(H,19,20)(H,15,17,18). The fourth-order valence-electron chi connectivity index (χ4n) is 2.59. The molecule has 6 nitrogen and oxygen atoms in total. The van der Waals surface area contributed by atoms with Crippen molar-refractivity contribution in [3.63, 3.8) is 0 Å². The molecule has 20 heavy (non-hydrogen) atoms. The van der Waals surface area contributed by atoms with Gasteiger partial charge in [-0.05, 0) is 24.6 Å². The van der Waals surface area contributed by atoms with E-state index in [4.69, 9.17) is 5.11 Å². The van der Waals surface area contributed by atoms with Crippen LogP contribution in [0.2, 0.25) is 0 Å². The third-order valence-corrected chi connectivity index (χ3v) is 3.54. The number of piperidine rings is 1. The maximum atomic E-state index is 11.9. The van der Waals surface area contributed by atoms with Crippen LogP contribution in [0.4, 0.5) is 0 Å². The van der Waals surface area contributed by atoms with Gasteiger partial charge in [0.25, 0.3) is 0 Å². The summed E-state index contributed by atoms with van der Waals surface area (Å²) < 4.78 is 1.73. The highest BCUT2D eigenvalue weighted by molar-refractivity contribution is 6.04. The number of aromatic carboxylic acids is 1. The lowest BCUT2D eigenvalue weighted by Gasteiger charge is -2.23. The summed E-state index contributed by atoms with van der Waals surface area (Å²) in [5, 5.41) is 12.0. The van der Waals surface area contributed by atoms with Gasteiger partial charge in [0.15, 0.2) is 0 Å². The zero-order chi connectivity index (χ0) is 14.3. The molecule has 0 bridgehead atoms. The van der Waals surface area contributed by atoms with Crippen LogP contribution in [-0.2, 0) is 9.59 Å². The first-order chi connectivity index (χ1) is 9.58. The first-order valence-corrected chi connectivity index (χ1v) is 6.24. The molecule has 1 aromatic heterocycles. The van der Waals surface area contributed by atoms with Crippen molar-refractivity contribution in [3.05, 3.63) is 36.0 Å². The fraction of sp³-hybridized carbons (Fsp3) is 0.214. The van der Waals surface area contributed by atoms with E-state index < -0.39 is 12.0 Å². The van der Waals surface area contributed by atoms with Crippen LogP contribution in [0.25, 0.3) is 10.9 Å². The van der Waals surface area contributed by atoms with E-state index in [1.54, 1.807) is 29.0 Å². The summed E-state index contributed by atoms with van der Waals surface area (Å²) in [6.07, 6.45) is 2.40. The van der Waals surface area contributed by atoms with E-state index in [1.165, 1.54) is 6.07 Å². The number of fused-ring (bicyclic) bond motifs is 1. The number of benzene rings is 1. The van der Waals surface area contributed by atoms with Gasteiger partial charge in [0.1, 0.15) is 6.04 Å². The SMILES string of the molecule is O=C1CCC(n2ccc3c(C(=O)O)cccc32)C(=O)N1. The number of nitrogens with one attached hydrogen (secondary N) is 1. The highest BCUT2D eigenvalue weighted by Crippen LogP contribution is 2.27. The van der Waals surface area contributed by atoms with Crippen LogP contribution < -0.4 is 5.32 Å². The van der Waals surface area contributed by atoms with Crippen LogP contribution in [0.1, 0.15) is 29.2 Å². The number of carboxylic acids is 1. The first kappa shape index (κ1) is 12.4. The van der Waals surface area contributed by atoms with Crippen molar-refractivity contribution in [2.45, 2.75) is 18.9 Å². The van der Waals surface area contributed by atoms with Crippen molar-refractivity contribution >= 4 is 28.7 Å². The zero-order valence-electron chi connectivity index (χ0n) is 10.5. The predicted molar refractivity (Wildman–Crippen MR) is 70.3 cm³/mol. The van der Waals surface area contributed by atoms with Gasteiger partial charge in [-0.15, -0.1) is 0 Å². The maximum absolute atomic E-state index is 11.9. The molecular weight excluding hydrogens is 260 g/mol. The third kappa shape index (κ3) is 1.85. The second-order valence-electron chi connectivity index (χ2n) is 4.73. The lowest BCUT2D eigenvalue weighted by molar-refractivity contribution is -0.135. The molecular formula is C14H12N2O4. The number of aromatic nitrogens is 1. The van der Waals surface area contributed by atoms with E-state index in [9.17, 15) is 14.4 Å². The summed E-state index contributed by atoms with van der Waals surface area (Å²) >= 11 is 0. The number of amides is 2. The van der Waals surface area contributed by atoms with E-state index in [1.807, 2.05) is 0 Å². The summed E-state index contributed by atoms with van der Waals surface area (Å²) in [7, 11) is 0. The zero-order valence-corrected chi connectivity index (χ0v) is 10.5. The molecule has 6 heteroatoms. The first-order valence-electron chi connectivity index (χ1n) is 6.24. The van der Waals surface area contributed by atoms with Crippen LogP contribution in [0.3, 0.4) is 0 Å². The van der Waals surface area contributed by atoms with Crippen molar-refractivity contribution in [2.24, 2.45) is 0 Å². The Labute approximate surface area is 114 Å². The van der Waals surface area contributed by atoms with Crippen molar-refractivity contribution in [2.75, 3.05) is 0 Å². The summed E-state index contributed by atoms with van der Waals surface area (Å²) in [6.45, 7) is 0. The van der Waals surface area contributed by atoms with Crippen LogP contribution in [0.5, 0.6) is 0 Å². The molecule has 1 aromatic carbocycles. The summed E-state index contributed by atoms with van der Waals surface area (Å²) in [5.74, 6) is -1.62. The number of imide groups is 1. The lowest BCUT2D eigenvalue weighted by Crippen LogP contribution is -2.41. The molecule has 1 unspecified atom stereocenters. The Morgan fingerprint density at radius 3 is 2.80 bits per heavy atom. The number of carbonyl (C=O) groups is 3. The van der Waals surface area contributed by atoms with Gasteiger partial charge in [-0.2, -0.15) is 0 Å². The largest absolute Gasteiger partial charge is 0.478 e. The summed E-state index contributed by atoms with van der Waals surface area (Å²) in [4.78, 5) is 34.2. The summed E-state index contributed by atoms with van der Waals surface area (Å²) in [5.41, 5.74) is 0.882. The quantitative estimate of drug-likeness (QED) is 0.807. The molecule has 1 aliphatic heterocycles. The van der Waals surface area contributed by atoms with Gasteiger partial charge in [0, 0.05) is 23.5 Å². The monoisotopic (exact) mass is 272 g/mol. The Hall–Kier alpha value is -2.63. The van der Waals surface area contributed by atoms with Gasteiger partial charge >= 0.3 is 5.97 Å². The van der Waals surface area contributed by atoms with Crippen molar-refractivity contribution in [1.29, 1.82) is 0 Å². The minimum atomic E-state index is -1.00. The Morgan fingerprint density at radius 1 is 1.30 bits per heavy atom. The highest BCUT2D eigenvalue weighted by Gasteiger charge is 2.28. The lowest BCUT2D eigenvalue weighted by atomic mass is 10.1. The molecule has 2 aromatic rings. The third-order valence-electron chi connectivity index (χ3n) is 3.54. The number of nitrogens with zero attached hydrogens (tertiary/aromatic N) is 1. The molecule has 1 fully saturated rings. The minimum absolute atomic E-state index is 0.202. The van der Waals surface area contributed by atoms with Crippen molar-refractivity contribution in [1.82, 2.24) is 9.88 Å². The molecule has 0 aliphatic carbocycles. The smallest absolute Gasteiger partial charge is 0.336 e. The normalized spacial score (nSPS) is 19.1. The molecule has 2 amide bonds. The van der Waals surface area contributed by atoms with Crippen molar-refractivity contribution in [3.8, 4) is 0 Å². The fourth-order valence-corrected chi connectivity index (χ4v) is 2.59. The predicted octanol–water partition coefficient (Wildman–Crippen LogP) is 1.32. The average Bonchev–Trinajstić information content (AvgIpc) is 2.82. The van der Waals surface area contributed by atoms with E-state index in [0.29, 0.717) is 17.3 Å². The molecule has 0 radical (unpaired) electrons. The van der Waals surface area contributed by atoms with Crippen LogP contribution in [0.15, 0.2) is 30.5 Å². The molecule has 3 rings (SSSR count). The van der Waals surface area contributed by atoms with E-state index in [0.717, 1.165) is 0 Å². The molecule has 102 valence electrons. The molecule has 2 N–H and O–H groups in total. The average molecular weight is 272 g/mol. The number of carboxylic acid groups (broad SMARTS) is 1. The van der Waals surface area contributed by atoms with Gasteiger partial charge in [-0.25, -0.2) is 4.79 Å². The van der Waals surface area contributed by atoms with Crippen LogP contribution in [-0.4, -0.2) is 27.5 Å². The van der Waals surface area contributed by atoms with Gasteiger partial charge in [-0.1, -0.05) is 6.07 Å². The van der Waals surface area contributed by atoms with Gasteiger partial charge < -0.3 is 9.67 Å². The van der Waals surface area contributed by atoms with E-state index in [2.05, 4.69) is 5.32 Å². The number of hydrogen-bond donors (Lipinski definition) is 2. The number of hydrogen-bond acceptors (Lipinski definition) is 3. The Kier molecular flexibility index (Phi) is 2.78. The number of rotatable bonds is 2. The Morgan fingerprint density at radius 2 is 2.10 bits per heavy atom. The molecule has 0 saturated carbocycles. The van der Waals surface area contributed by atoms with Crippen molar-refractivity contribution < 1.29 is 19.5 Å². The topological polar surface area (TPSA) is 88.4 Å². The Balaban J connectivity index is 2.09. The van der Waals surface area contributed by atoms with Gasteiger partial charge in [0.05, 0.1) is 5.56 Å². The summed E-state index contributed by atoms with van der Waals surface area (Å²) in [6, 6.07) is 6.15. The number of carbonyl (C=O) groups excluding carboxylic acids is 2. The van der Waals surface area contributed by atoms with E-state index in [-0.39, 0.29) is 23.8 Å². The van der Waals surface area contributed by atoms with Gasteiger partial charge in [0.2, 0.25) is 11.8 Å². The maximum Gasteiger partial charge on any atom is 0.336 e. The molecule has 1 aliphatic rings. The molecule has 1 atom stereocenters. The Bertz CT molecular complexity index is 732. The molecule has 2 heterocycles. The van der Waals surface area contributed by atoms with Gasteiger partial charge in [-0.3, -0.25) is 14.9 Å². The second-order valence-corrected chi connectivity index (χ2v) is 4.73. The highest BCUT2D eigenvalue weighted by atomic mass is 16.4. The second kappa shape index (κ2) is 4.48.